The fraction of sp³-hybridized carbons (Fsp3) is 0.625. The van der Waals surface area contributed by atoms with Crippen molar-refractivity contribution in [3.63, 3.8) is 0 Å². The molecule has 0 saturated heterocycles. The highest BCUT2D eigenvalue weighted by molar-refractivity contribution is 5.32. The molecule has 1 unspecified atom stereocenters. The first kappa shape index (κ1) is 21.5. The Morgan fingerprint density at radius 3 is 2.08 bits per heavy atom. The predicted octanol–water partition coefficient (Wildman–Crippen LogP) is 5.15. The lowest BCUT2D eigenvalue weighted by Gasteiger charge is -2.34. The van der Waals surface area contributed by atoms with Gasteiger partial charge in [0.25, 0.3) is 0 Å². The second kappa shape index (κ2) is 7.01. The van der Waals surface area contributed by atoms with Crippen LogP contribution in [-0.4, -0.2) is 29.7 Å². The monoisotopic (exact) mass is 376 g/mol. The average Bonchev–Trinajstić information content (AvgIpc) is 2.43. The summed E-state index contributed by atoms with van der Waals surface area (Å²) in [6.45, 7) is 4.71. The zero-order valence-electron chi connectivity index (χ0n) is 13.8. The van der Waals surface area contributed by atoms with Gasteiger partial charge in [-0.1, -0.05) is 26.0 Å². The standard InChI is InChI=1S/C16H19F7O2/c1-10(2)8-25-12-6-4-5-11(7-12)13(3,24)9-14(17,18)15(19,20)16(21,22)23/h4-7,10,24H,8-9H2,1-3H3. The van der Waals surface area contributed by atoms with Gasteiger partial charge in [-0.3, -0.25) is 0 Å². The minimum atomic E-state index is -6.44. The Morgan fingerprint density at radius 1 is 1.04 bits per heavy atom. The lowest BCUT2D eigenvalue weighted by molar-refractivity contribution is -0.361. The summed E-state index contributed by atoms with van der Waals surface area (Å²) in [5.74, 6) is -11.4. The minimum Gasteiger partial charge on any atom is -0.493 e. The van der Waals surface area contributed by atoms with Crippen LogP contribution in [0.5, 0.6) is 5.75 Å². The lowest BCUT2D eigenvalue weighted by atomic mass is 9.87. The van der Waals surface area contributed by atoms with Crippen molar-refractivity contribution in [2.24, 2.45) is 5.92 Å². The van der Waals surface area contributed by atoms with Crippen LogP contribution >= 0.6 is 0 Å². The van der Waals surface area contributed by atoms with Gasteiger partial charge in [-0.15, -0.1) is 0 Å². The van der Waals surface area contributed by atoms with Crippen molar-refractivity contribution in [2.45, 2.75) is 50.8 Å². The Labute approximate surface area is 140 Å². The molecule has 0 heterocycles. The van der Waals surface area contributed by atoms with E-state index >= 15 is 0 Å². The zero-order chi connectivity index (χ0) is 19.7. The molecule has 25 heavy (non-hydrogen) atoms. The van der Waals surface area contributed by atoms with Crippen LogP contribution in [0.3, 0.4) is 0 Å². The summed E-state index contributed by atoms with van der Waals surface area (Å²) in [6, 6.07) is 5.04. The van der Waals surface area contributed by atoms with E-state index in [1.54, 1.807) is 0 Å². The van der Waals surface area contributed by atoms with E-state index in [4.69, 9.17) is 4.74 Å². The Balaban J connectivity index is 3.07. The summed E-state index contributed by atoms with van der Waals surface area (Å²) >= 11 is 0. The summed E-state index contributed by atoms with van der Waals surface area (Å²) in [4.78, 5) is 0. The van der Waals surface area contributed by atoms with Crippen molar-refractivity contribution in [1.82, 2.24) is 0 Å². The third-order valence-electron chi connectivity index (χ3n) is 3.42. The van der Waals surface area contributed by atoms with Crippen molar-refractivity contribution >= 4 is 0 Å². The molecule has 0 fully saturated rings. The fourth-order valence-electron chi connectivity index (χ4n) is 2.04. The SMILES string of the molecule is CC(C)COc1cccc(C(C)(O)CC(F)(F)C(F)(F)C(F)(F)F)c1. The first-order valence-electron chi connectivity index (χ1n) is 7.38. The van der Waals surface area contributed by atoms with Gasteiger partial charge in [0, 0.05) is 0 Å². The average molecular weight is 376 g/mol. The van der Waals surface area contributed by atoms with Crippen molar-refractivity contribution < 1.29 is 40.6 Å². The summed E-state index contributed by atoms with van der Waals surface area (Å²) in [5.41, 5.74) is -2.89. The van der Waals surface area contributed by atoms with E-state index in [1.807, 2.05) is 13.8 Å². The molecule has 9 heteroatoms. The number of benzene rings is 1. The smallest absolute Gasteiger partial charge is 0.459 e. The van der Waals surface area contributed by atoms with Gasteiger partial charge in [-0.05, 0) is 30.5 Å². The maximum Gasteiger partial charge on any atom is 0.459 e. The number of rotatable bonds is 7. The van der Waals surface area contributed by atoms with Crippen LogP contribution in [0.1, 0.15) is 32.8 Å². The molecule has 1 aromatic rings. The van der Waals surface area contributed by atoms with Gasteiger partial charge in [0.15, 0.2) is 0 Å². The molecule has 2 nitrogen and oxygen atoms in total. The second-order valence-electron chi connectivity index (χ2n) is 6.46. The fourth-order valence-corrected chi connectivity index (χ4v) is 2.04. The number of halogens is 7. The maximum atomic E-state index is 13.6. The Hall–Kier alpha value is -1.51. The second-order valence-corrected chi connectivity index (χ2v) is 6.46. The van der Waals surface area contributed by atoms with Crippen LogP contribution in [0.4, 0.5) is 30.7 Å². The molecule has 0 aromatic heterocycles. The molecule has 0 amide bonds. The molecule has 1 rings (SSSR count). The number of aliphatic hydroxyl groups is 1. The van der Waals surface area contributed by atoms with E-state index in [9.17, 15) is 35.8 Å². The lowest BCUT2D eigenvalue weighted by Crippen LogP contribution is -2.54. The van der Waals surface area contributed by atoms with Crippen molar-refractivity contribution in [3.05, 3.63) is 29.8 Å². The van der Waals surface area contributed by atoms with E-state index in [1.165, 1.54) is 12.1 Å². The molecule has 0 spiro atoms. The summed E-state index contributed by atoms with van der Waals surface area (Å²) in [5, 5.41) is 10.1. The third-order valence-corrected chi connectivity index (χ3v) is 3.42. The third kappa shape index (κ3) is 4.99. The van der Waals surface area contributed by atoms with Gasteiger partial charge >= 0.3 is 18.0 Å². The van der Waals surface area contributed by atoms with E-state index in [0.29, 0.717) is 0 Å². The van der Waals surface area contributed by atoms with Crippen LogP contribution < -0.4 is 4.74 Å². The van der Waals surface area contributed by atoms with Crippen LogP contribution in [-0.2, 0) is 5.60 Å². The van der Waals surface area contributed by atoms with Gasteiger partial charge in [-0.2, -0.15) is 30.7 Å². The van der Waals surface area contributed by atoms with Gasteiger partial charge in [0.2, 0.25) is 0 Å². The highest BCUT2D eigenvalue weighted by atomic mass is 19.4. The van der Waals surface area contributed by atoms with Crippen LogP contribution in [0, 0.1) is 5.92 Å². The van der Waals surface area contributed by atoms with Crippen molar-refractivity contribution in [1.29, 1.82) is 0 Å². The molecular weight excluding hydrogens is 357 g/mol. The molecule has 144 valence electrons. The van der Waals surface area contributed by atoms with Gasteiger partial charge < -0.3 is 9.84 Å². The summed E-state index contributed by atoms with van der Waals surface area (Å²) in [6.07, 6.45) is -8.55. The predicted molar refractivity (Wildman–Crippen MR) is 76.9 cm³/mol. The Morgan fingerprint density at radius 2 is 1.60 bits per heavy atom. The van der Waals surface area contributed by atoms with Crippen molar-refractivity contribution in [2.75, 3.05) is 6.61 Å². The summed E-state index contributed by atoms with van der Waals surface area (Å²) in [7, 11) is 0. The first-order chi connectivity index (χ1) is 11.1. The largest absolute Gasteiger partial charge is 0.493 e. The number of hydrogen-bond donors (Lipinski definition) is 1. The highest BCUT2D eigenvalue weighted by Gasteiger charge is 2.73. The number of hydrogen-bond acceptors (Lipinski definition) is 2. The zero-order valence-corrected chi connectivity index (χ0v) is 13.8. The number of alkyl halides is 7. The molecule has 0 radical (unpaired) electrons. The van der Waals surface area contributed by atoms with E-state index in [-0.39, 0.29) is 23.8 Å². The van der Waals surface area contributed by atoms with E-state index < -0.39 is 30.0 Å². The Kier molecular flexibility index (Phi) is 6.04. The number of ether oxygens (including phenoxy) is 1. The minimum absolute atomic E-state index is 0.138. The summed E-state index contributed by atoms with van der Waals surface area (Å²) < 4.78 is 95.2. The normalized spacial score (nSPS) is 16.0. The molecule has 0 bridgehead atoms. The van der Waals surface area contributed by atoms with E-state index in [0.717, 1.165) is 19.1 Å². The Bertz CT molecular complexity index is 580. The highest BCUT2D eigenvalue weighted by Crippen LogP contribution is 2.50. The van der Waals surface area contributed by atoms with E-state index in [2.05, 4.69) is 0 Å². The molecule has 0 saturated carbocycles. The topological polar surface area (TPSA) is 29.5 Å². The molecule has 1 aromatic carbocycles. The molecule has 1 N–H and O–H groups in total. The van der Waals surface area contributed by atoms with Crippen molar-refractivity contribution in [3.8, 4) is 5.75 Å². The van der Waals surface area contributed by atoms with Gasteiger partial charge in [0.1, 0.15) is 5.75 Å². The molecule has 0 aliphatic rings. The molecule has 1 atom stereocenters. The first-order valence-corrected chi connectivity index (χ1v) is 7.38. The molecular formula is C16H19F7O2. The van der Waals surface area contributed by atoms with Crippen LogP contribution in [0.2, 0.25) is 0 Å². The molecule has 0 aliphatic carbocycles. The molecule has 0 aliphatic heterocycles. The maximum absolute atomic E-state index is 13.6. The quantitative estimate of drug-likeness (QED) is 0.667. The van der Waals surface area contributed by atoms with Crippen LogP contribution in [0.15, 0.2) is 24.3 Å². The van der Waals surface area contributed by atoms with Gasteiger partial charge in [0.05, 0.1) is 18.6 Å². The van der Waals surface area contributed by atoms with Gasteiger partial charge in [-0.25, -0.2) is 0 Å². The van der Waals surface area contributed by atoms with Crippen LogP contribution in [0.25, 0.3) is 0 Å².